The molecule has 4 saturated carbocycles. The zero-order valence-electron chi connectivity index (χ0n) is 19.5. The second-order valence-corrected chi connectivity index (χ2v) is 13.2. The van der Waals surface area contributed by atoms with Gasteiger partial charge in [0.25, 0.3) is 10.1 Å². The summed E-state index contributed by atoms with van der Waals surface area (Å²) >= 11 is 0. The van der Waals surface area contributed by atoms with Gasteiger partial charge in [-0.1, -0.05) is 13.8 Å². The Kier molecular flexibility index (Phi) is 6.73. The van der Waals surface area contributed by atoms with Gasteiger partial charge in [-0.25, -0.2) is 0 Å². The second kappa shape index (κ2) is 8.82. The van der Waals surface area contributed by atoms with Crippen molar-refractivity contribution in [3.05, 3.63) is 0 Å². The SMILES string of the molecule is C[C@]12CC[C@H]3[C@@H]([C@@H](O)CC4C[C@H](O)CC[C@@]43C)[C@@H]1CC[C@@H]2CCCC(=O)NCS(=O)(=O)O. The van der Waals surface area contributed by atoms with Crippen LogP contribution in [0.25, 0.3) is 0 Å². The smallest absolute Gasteiger partial charge is 0.283 e. The van der Waals surface area contributed by atoms with Crippen LogP contribution in [0.2, 0.25) is 0 Å². The molecule has 8 heteroatoms. The van der Waals surface area contributed by atoms with Crippen molar-refractivity contribution in [3.63, 3.8) is 0 Å². The van der Waals surface area contributed by atoms with Crippen molar-refractivity contribution < 1.29 is 28.0 Å². The molecule has 0 spiro atoms. The van der Waals surface area contributed by atoms with Crippen LogP contribution in [0, 0.1) is 40.4 Å². The molecule has 184 valence electrons. The summed E-state index contributed by atoms with van der Waals surface area (Å²) in [5.74, 6) is 1.26. The molecule has 4 aliphatic carbocycles. The van der Waals surface area contributed by atoms with Gasteiger partial charge in [-0.3, -0.25) is 9.35 Å². The minimum atomic E-state index is -4.19. The Hall–Kier alpha value is -0.700. The molecule has 32 heavy (non-hydrogen) atoms. The van der Waals surface area contributed by atoms with Crippen molar-refractivity contribution in [2.75, 3.05) is 5.88 Å². The van der Waals surface area contributed by atoms with Gasteiger partial charge in [0.15, 0.2) is 0 Å². The van der Waals surface area contributed by atoms with Crippen molar-refractivity contribution in [1.82, 2.24) is 5.32 Å². The number of aliphatic hydroxyl groups is 2. The van der Waals surface area contributed by atoms with E-state index in [0.717, 1.165) is 57.8 Å². The lowest BCUT2D eigenvalue weighted by molar-refractivity contribution is -0.172. The predicted molar refractivity (Wildman–Crippen MR) is 121 cm³/mol. The maximum atomic E-state index is 11.9. The Morgan fingerprint density at radius 1 is 1.00 bits per heavy atom. The summed E-state index contributed by atoms with van der Waals surface area (Å²) in [6.07, 6.45) is 9.60. The van der Waals surface area contributed by atoms with Gasteiger partial charge in [0.2, 0.25) is 5.91 Å². The molecule has 0 aromatic rings. The lowest BCUT2D eigenvalue weighted by Crippen LogP contribution is -2.58. The Morgan fingerprint density at radius 2 is 1.69 bits per heavy atom. The first-order chi connectivity index (χ1) is 14.9. The van der Waals surface area contributed by atoms with Crippen LogP contribution >= 0.6 is 0 Å². The van der Waals surface area contributed by atoms with Gasteiger partial charge >= 0.3 is 0 Å². The maximum absolute atomic E-state index is 11.9. The van der Waals surface area contributed by atoms with E-state index < -0.39 is 16.0 Å². The number of aliphatic hydroxyl groups excluding tert-OH is 2. The number of nitrogens with one attached hydrogen (secondary N) is 1. The van der Waals surface area contributed by atoms with E-state index in [0.29, 0.717) is 36.0 Å². The van der Waals surface area contributed by atoms with E-state index in [1.807, 2.05) is 0 Å². The van der Waals surface area contributed by atoms with Crippen LogP contribution < -0.4 is 5.32 Å². The first-order valence-electron chi connectivity index (χ1n) is 12.5. The van der Waals surface area contributed by atoms with Crippen LogP contribution in [-0.4, -0.2) is 47.2 Å². The van der Waals surface area contributed by atoms with Crippen LogP contribution in [0.5, 0.6) is 0 Å². The van der Waals surface area contributed by atoms with E-state index >= 15 is 0 Å². The fourth-order valence-corrected chi connectivity index (χ4v) is 8.90. The Balaban J connectivity index is 1.38. The molecule has 4 aliphatic rings. The number of carbonyl (C=O) groups is 1. The minimum absolute atomic E-state index is 0.185. The molecule has 9 atom stereocenters. The van der Waals surface area contributed by atoms with E-state index in [9.17, 15) is 23.4 Å². The van der Waals surface area contributed by atoms with E-state index in [1.54, 1.807) is 0 Å². The van der Waals surface area contributed by atoms with E-state index in [1.165, 1.54) is 0 Å². The highest BCUT2D eigenvalue weighted by atomic mass is 32.2. The van der Waals surface area contributed by atoms with Crippen LogP contribution in [0.1, 0.15) is 84.5 Å². The molecule has 0 aromatic carbocycles. The van der Waals surface area contributed by atoms with E-state index in [-0.39, 0.29) is 35.4 Å². The summed E-state index contributed by atoms with van der Waals surface area (Å²) in [4.78, 5) is 11.9. The molecule has 1 amide bonds. The second-order valence-electron chi connectivity index (χ2n) is 11.8. The highest BCUT2D eigenvalue weighted by molar-refractivity contribution is 7.85. The van der Waals surface area contributed by atoms with E-state index in [2.05, 4.69) is 19.2 Å². The number of fused-ring (bicyclic) bond motifs is 5. The summed E-state index contributed by atoms with van der Waals surface area (Å²) in [5.41, 5.74) is 0.415. The predicted octanol–water partition coefficient (Wildman–Crippen LogP) is 3.11. The molecule has 0 heterocycles. The van der Waals surface area contributed by atoms with Gasteiger partial charge in [-0.15, -0.1) is 0 Å². The molecule has 0 radical (unpaired) electrons. The van der Waals surface area contributed by atoms with Crippen molar-refractivity contribution in [1.29, 1.82) is 0 Å². The van der Waals surface area contributed by atoms with Crippen molar-refractivity contribution in [2.45, 2.75) is 96.7 Å². The molecule has 0 aliphatic heterocycles. The molecule has 4 fully saturated rings. The Morgan fingerprint density at radius 3 is 2.41 bits per heavy atom. The molecule has 0 aromatic heterocycles. The monoisotopic (exact) mass is 471 g/mol. The lowest BCUT2D eigenvalue weighted by atomic mass is 9.44. The lowest BCUT2D eigenvalue weighted by Gasteiger charge is -2.62. The standard InChI is InChI=1S/C24H41NO6S/c1-23-11-9-19-22(20(27)13-16-12-17(26)8-10-24(16,19)2)18(23)7-6-15(23)4-3-5-21(28)25-14-32(29,30)31/h15-20,22,26-27H,3-14H2,1-2H3,(H,25,28)(H,29,30,31)/t15-,16?,17+,18-,19-,20-,22-,23+,24-/m0/s1. The number of carbonyl (C=O) groups excluding carboxylic acids is 1. The van der Waals surface area contributed by atoms with Gasteiger partial charge in [-0.2, -0.15) is 8.42 Å². The van der Waals surface area contributed by atoms with Crippen LogP contribution in [0.4, 0.5) is 0 Å². The van der Waals surface area contributed by atoms with Gasteiger partial charge in [-0.05, 0) is 105 Å². The van der Waals surface area contributed by atoms with Crippen LogP contribution in [0.3, 0.4) is 0 Å². The fraction of sp³-hybridized carbons (Fsp3) is 0.958. The average molecular weight is 472 g/mol. The van der Waals surface area contributed by atoms with Crippen LogP contribution in [-0.2, 0) is 14.9 Å². The number of hydrogen-bond donors (Lipinski definition) is 4. The summed E-state index contributed by atoms with van der Waals surface area (Å²) in [6.45, 7) is 4.82. The van der Waals surface area contributed by atoms with Gasteiger partial charge < -0.3 is 15.5 Å². The number of hydrogen-bond acceptors (Lipinski definition) is 5. The third kappa shape index (κ3) is 4.49. The zero-order valence-corrected chi connectivity index (χ0v) is 20.3. The molecular weight excluding hydrogens is 430 g/mol. The minimum Gasteiger partial charge on any atom is -0.393 e. The molecule has 4 N–H and O–H groups in total. The van der Waals surface area contributed by atoms with Gasteiger partial charge in [0.1, 0.15) is 5.88 Å². The number of amides is 1. The summed E-state index contributed by atoms with van der Waals surface area (Å²) < 4.78 is 30.4. The Bertz CT molecular complexity index is 817. The number of rotatable bonds is 6. The van der Waals surface area contributed by atoms with Crippen LogP contribution in [0.15, 0.2) is 0 Å². The largest absolute Gasteiger partial charge is 0.393 e. The Labute approximate surface area is 192 Å². The first-order valence-corrected chi connectivity index (χ1v) is 14.1. The average Bonchev–Trinajstić information content (AvgIpc) is 3.04. The highest BCUT2D eigenvalue weighted by Crippen LogP contribution is 2.67. The topological polar surface area (TPSA) is 124 Å². The fourth-order valence-electron chi connectivity index (χ4n) is 8.55. The summed E-state index contributed by atoms with van der Waals surface area (Å²) in [7, 11) is -4.19. The molecule has 0 bridgehead atoms. The maximum Gasteiger partial charge on any atom is 0.283 e. The normalized spacial score (nSPS) is 46.1. The third-order valence-corrected chi connectivity index (χ3v) is 10.8. The third-order valence-electron chi connectivity index (χ3n) is 10.3. The molecular formula is C24H41NO6S. The quantitative estimate of drug-likeness (QED) is 0.441. The summed E-state index contributed by atoms with van der Waals surface area (Å²) in [6, 6.07) is 0. The van der Waals surface area contributed by atoms with Gasteiger partial charge in [0.05, 0.1) is 12.2 Å². The highest BCUT2D eigenvalue weighted by Gasteiger charge is 2.62. The molecule has 1 unspecified atom stereocenters. The molecule has 0 saturated heterocycles. The molecule has 7 nitrogen and oxygen atoms in total. The van der Waals surface area contributed by atoms with Gasteiger partial charge in [0, 0.05) is 6.42 Å². The van der Waals surface area contributed by atoms with Crippen molar-refractivity contribution >= 4 is 16.0 Å². The van der Waals surface area contributed by atoms with Crippen molar-refractivity contribution in [3.8, 4) is 0 Å². The zero-order chi connectivity index (χ0) is 23.3. The van der Waals surface area contributed by atoms with Crippen molar-refractivity contribution in [2.24, 2.45) is 40.4 Å². The first kappa shape index (κ1) is 24.4. The van der Waals surface area contributed by atoms with E-state index in [4.69, 9.17) is 4.55 Å². The molecule has 4 rings (SSSR count). The summed E-state index contributed by atoms with van der Waals surface area (Å²) in [5, 5.41) is 23.7.